The molecular formula is C27H27FN6O2. The second-order valence-electron chi connectivity index (χ2n) is 9.29. The number of halogens is 1. The molecule has 4 heterocycles. The maximum atomic E-state index is 13.6. The maximum absolute atomic E-state index is 13.6. The van der Waals surface area contributed by atoms with Gasteiger partial charge in [0.05, 0.1) is 12.0 Å². The fourth-order valence-corrected chi connectivity index (χ4v) is 5.18. The summed E-state index contributed by atoms with van der Waals surface area (Å²) in [6.45, 7) is 2.45. The number of furan rings is 1. The molecule has 1 aliphatic heterocycles. The van der Waals surface area contributed by atoms with Crippen molar-refractivity contribution < 1.29 is 13.6 Å². The van der Waals surface area contributed by atoms with Gasteiger partial charge in [-0.1, -0.05) is 12.8 Å². The number of hydrogen-bond acceptors (Lipinski definition) is 6. The van der Waals surface area contributed by atoms with Gasteiger partial charge in [-0.3, -0.25) is 4.79 Å². The molecule has 1 aromatic carbocycles. The standard InChI is InChI=1S/C27H27FN6O2/c28-20-8-6-19(7-9-20)24-25(34(18-31-24)21-4-1-2-5-21)22-10-11-23(36-22)26(35)32-14-16-33(17-15-32)27-29-12-3-13-30-27/h3,6-13,18,21H,1-2,4-5,14-17H2. The number of rotatable bonds is 5. The van der Waals surface area contributed by atoms with Gasteiger partial charge in [-0.05, 0) is 55.3 Å². The van der Waals surface area contributed by atoms with E-state index in [-0.39, 0.29) is 11.7 Å². The van der Waals surface area contributed by atoms with E-state index < -0.39 is 0 Å². The molecule has 0 radical (unpaired) electrons. The van der Waals surface area contributed by atoms with E-state index >= 15 is 0 Å². The van der Waals surface area contributed by atoms with E-state index in [0.29, 0.717) is 49.7 Å². The molecule has 2 fully saturated rings. The molecule has 1 saturated carbocycles. The zero-order valence-electron chi connectivity index (χ0n) is 19.9. The number of nitrogens with zero attached hydrogens (tertiary/aromatic N) is 6. The van der Waals surface area contributed by atoms with Crippen LogP contribution in [-0.2, 0) is 0 Å². The number of benzene rings is 1. The number of aromatic nitrogens is 4. The number of piperazine rings is 1. The minimum atomic E-state index is -0.291. The largest absolute Gasteiger partial charge is 0.449 e. The highest BCUT2D eigenvalue weighted by atomic mass is 19.1. The van der Waals surface area contributed by atoms with Crippen LogP contribution in [0.4, 0.5) is 10.3 Å². The lowest BCUT2D eigenvalue weighted by molar-refractivity contribution is 0.0715. The van der Waals surface area contributed by atoms with Gasteiger partial charge in [0.15, 0.2) is 11.5 Å². The zero-order valence-corrected chi connectivity index (χ0v) is 19.9. The van der Waals surface area contributed by atoms with Crippen molar-refractivity contribution in [1.82, 2.24) is 24.4 Å². The monoisotopic (exact) mass is 486 g/mol. The predicted molar refractivity (Wildman–Crippen MR) is 133 cm³/mol. The second kappa shape index (κ2) is 9.56. The van der Waals surface area contributed by atoms with E-state index in [9.17, 15) is 9.18 Å². The molecule has 9 heteroatoms. The van der Waals surface area contributed by atoms with Crippen molar-refractivity contribution in [3.8, 4) is 22.7 Å². The van der Waals surface area contributed by atoms with Crippen LogP contribution in [-0.4, -0.2) is 56.5 Å². The lowest BCUT2D eigenvalue weighted by Crippen LogP contribution is -2.49. The Labute approximate surface area is 208 Å². The Hall–Kier alpha value is -4.01. The van der Waals surface area contributed by atoms with Crippen LogP contribution >= 0.6 is 0 Å². The SMILES string of the molecule is O=C(c1ccc(-c2c(-c3ccc(F)cc3)ncn2C2CCCC2)o1)N1CCN(c2ncccn2)CC1. The lowest BCUT2D eigenvalue weighted by Gasteiger charge is -2.34. The summed E-state index contributed by atoms with van der Waals surface area (Å²) in [4.78, 5) is 30.5. The van der Waals surface area contributed by atoms with E-state index in [1.807, 2.05) is 12.4 Å². The average molecular weight is 487 g/mol. The molecule has 36 heavy (non-hydrogen) atoms. The van der Waals surface area contributed by atoms with Gasteiger partial charge < -0.3 is 18.8 Å². The Kier molecular flexibility index (Phi) is 5.96. The molecule has 3 aromatic heterocycles. The van der Waals surface area contributed by atoms with Gasteiger partial charge in [-0.25, -0.2) is 19.3 Å². The molecule has 4 aromatic rings. The summed E-state index contributed by atoms with van der Waals surface area (Å²) in [5, 5.41) is 0. The topological polar surface area (TPSA) is 80.3 Å². The highest BCUT2D eigenvalue weighted by molar-refractivity contribution is 5.92. The van der Waals surface area contributed by atoms with Crippen LogP contribution in [0.15, 0.2) is 65.6 Å². The first-order valence-electron chi connectivity index (χ1n) is 12.4. The molecule has 2 aliphatic rings. The molecule has 0 unspecified atom stereocenters. The maximum Gasteiger partial charge on any atom is 0.289 e. The quantitative estimate of drug-likeness (QED) is 0.403. The van der Waals surface area contributed by atoms with E-state index in [2.05, 4.69) is 24.4 Å². The molecule has 0 spiro atoms. The van der Waals surface area contributed by atoms with Crippen LogP contribution in [0, 0.1) is 5.82 Å². The van der Waals surface area contributed by atoms with Gasteiger partial charge in [0, 0.05) is 50.2 Å². The van der Waals surface area contributed by atoms with E-state index in [1.165, 1.54) is 25.0 Å². The van der Waals surface area contributed by atoms with Crippen LogP contribution in [0.1, 0.15) is 42.3 Å². The fraction of sp³-hybridized carbons (Fsp3) is 0.333. The predicted octanol–water partition coefficient (Wildman–Crippen LogP) is 4.82. The van der Waals surface area contributed by atoms with Gasteiger partial charge in [0.2, 0.25) is 5.95 Å². The van der Waals surface area contributed by atoms with Gasteiger partial charge in [0.25, 0.3) is 5.91 Å². The highest BCUT2D eigenvalue weighted by Crippen LogP contribution is 2.39. The van der Waals surface area contributed by atoms with Crippen LogP contribution in [0.3, 0.4) is 0 Å². The van der Waals surface area contributed by atoms with E-state index in [0.717, 1.165) is 29.8 Å². The average Bonchev–Trinajstić information content (AvgIpc) is 3.70. The molecule has 184 valence electrons. The number of carbonyl (C=O) groups is 1. The third kappa shape index (κ3) is 4.25. The van der Waals surface area contributed by atoms with Crippen LogP contribution in [0.25, 0.3) is 22.7 Å². The fourth-order valence-electron chi connectivity index (χ4n) is 5.18. The summed E-state index contributed by atoms with van der Waals surface area (Å²) < 4.78 is 21.9. The number of carbonyl (C=O) groups excluding carboxylic acids is 1. The minimum Gasteiger partial charge on any atom is -0.449 e. The van der Waals surface area contributed by atoms with Gasteiger partial charge in [-0.2, -0.15) is 0 Å². The van der Waals surface area contributed by atoms with Gasteiger partial charge in [0.1, 0.15) is 11.5 Å². The van der Waals surface area contributed by atoms with Crippen molar-refractivity contribution >= 4 is 11.9 Å². The second-order valence-corrected chi connectivity index (χ2v) is 9.29. The van der Waals surface area contributed by atoms with Crippen molar-refractivity contribution in [2.24, 2.45) is 0 Å². The molecule has 0 atom stereocenters. The van der Waals surface area contributed by atoms with Crippen molar-refractivity contribution in [3.05, 3.63) is 72.8 Å². The van der Waals surface area contributed by atoms with Crippen LogP contribution in [0.2, 0.25) is 0 Å². The lowest BCUT2D eigenvalue weighted by atomic mass is 10.1. The summed E-state index contributed by atoms with van der Waals surface area (Å²) in [5.74, 6) is 1.15. The van der Waals surface area contributed by atoms with E-state index in [4.69, 9.17) is 4.42 Å². The Morgan fingerprint density at radius 2 is 1.64 bits per heavy atom. The molecular weight excluding hydrogens is 459 g/mol. The Bertz CT molecular complexity index is 1340. The van der Waals surface area contributed by atoms with Crippen molar-refractivity contribution in [3.63, 3.8) is 0 Å². The van der Waals surface area contributed by atoms with Crippen molar-refractivity contribution in [2.75, 3.05) is 31.1 Å². The van der Waals surface area contributed by atoms with E-state index in [1.54, 1.807) is 41.6 Å². The molecule has 8 nitrogen and oxygen atoms in total. The highest BCUT2D eigenvalue weighted by Gasteiger charge is 2.28. The third-order valence-corrected chi connectivity index (χ3v) is 7.08. The third-order valence-electron chi connectivity index (χ3n) is 7.08. The van der Waals surface area contributed by atoms with Gasteiger partial charge in [-0.15, -0.1) is 0 Å². The molecule has 0 N–H and O–H groups in total. The molecule has 0 bridgehead atoms. The van der Waals surface area contributed by atoms with Crippen molar-refractivity contribution in [1.29, 1.82) is 0 Å². The molecule has 1 saturated heterocycles. The summed E-state index contributed by atoms with van der Waals surface area (Å²) in [6.07, 6.45) is 9.80. The first-order valence-corrected chi connectivity index (χ1v) is 12.4. The molecule has 6 rings (SSSR count). The van der Waals surface area contributed by atoms with Crippen LogP contribution < -0.4 is 4.90 Å². The number of imidazole rings is 1. The summed E-state index contributed by atoms with van der Waals surface area (Å²) in [6, 6.07) is 12.0. The minimum absolute atomic E-state index is 0.134. The summed E-state index contributed by atoms with van der Waals surface area (Å²) in [7, 11) is 0. The Balaban J connectivity index is 1.25. The van der Waals surface area contributed by atoms with Gasteiger partial charge >= 0.3 is 0 Å². The summed E-state index contributed by atoms with van der Waals surface area (Å²) in [5.41, 5.74) is 2.37. The normalized spacial score (nSPS) is 16.6. The molecule has 1 amide bonds. The Morgan fingerprint density at radius 1 is 0.917 bits per heavy atom. The first-order chi connectivity index (χ1) is 17.7. The molecule has 1 aliphatic carbocycles. The van der Waals surface area contributed by atoms with Crippen molar-refractivity contribution in [2.45, 2.75) is 31.7 Å². The number of anilines is 1. The first kappa shape index (κ1) is 22.5. The summed E-state index contributed by atoms with van der Waals surface area (Å²) >= 11 is 0. The van der Waals surface area contributed by atoms with Crippen LogP contribution in [0.5, 0.6) is 0 Å². The smallest absolute Gasteiger partial charge is 0.289 e. The number of amides is 1. The zero-order chi connectivity index (χ0) is 24.5. The number of hydrogen-bond donors (Lipinski definition) is 0. The Morgan fingerprint density at radius 3 is 2.36 bits per heavy atom.